The lowest BCUT2D eigenvalue weighted by atomic mass is 9.83. The highest BCUT2D eigenvalue weighted by atomic mass is 16.6. The van der Waals surface area contributed by atoms with Crippen molar-refractivity contribution in [3.63, 3.8) is 0 Å². The lowest BCUT2D eigenvalue weighted by Crippen LogP contribution is -2.22. The van der Waals surface area contributed by atoms with E-state index in [2.05, 4.69) is 13.8 Å². The van der Waals surface area contributed by atoms with Gasteiger partial charge in [0.2, 0.25) is 0 Å². The average Bonchev–Trinajstić information content (AvgIpc) is 3.01. The van der Waals surface area contributed by atoms with Gasteiger partial charge in [-0.2, -0.15) is 0 Å². The van der Waals surface area contributed by atoms with Crippen molar-refractivity contribution in [3.05, 3.63) is 46.5 Å². The predicted molar refractivity (Wildman–Crippen MR) is 186 cm³/mol. The first-order valence-corrected chi connectivity index (χ1v) is 17.9. The number of hydrogen-bond acceptors (Lipinski definition) is 8. The highest BCUT2D eigenvalue weighted by Gasteiger charge is 2.30. The third-order valence-corrected chi connectivity index (χ3v) is 10.0. The molecule has 6 rings (SSSR count). The minimum absolute atomic E-state index is 0.0248. The number of benzene rings is 2. The van der Waals surface area contributed by atoms with Gasteiger partial charge < -0.3 is 41.4 Å². The smallest absolute Gasteiger partial charge is 0.405 e. The second-order valence-electron chi connectivity index (χ2n) is 13.9. The van der Waals surface area contributed by atoms with Crippen LogP contribution in [0.1, 0.15) is 164 Å². The molecule has 8 N–H and O–H groups in total. The summed E-state index contributed by atoms with van der Waals surface area (Å²) in [7, 11) is 0. The highest BCUT2D eigenvalue weighted by Crippen LogP contribution is 2.46. The Kier molecular flexibility index (Phi) is 15.0. The molecule has 4 aliphatic carbocycles. The number of amides is 2. The number of unbranched alkanes of at least 4 members (excludes halogenated alkanes) is 2. The van der Waals surface area contributed by atoms with Gasteiger partial charge in [-0.25, -0.2) is 9.59 Å². The van der Waals surface area contributed by atoms with Gasteiger partial charge in [0.05, 0.1) is 0 Å². The number of ether oxygens (including phenoxy) is 2. The van der Waals surface area contributed by atoms with Crippen LogP contribution in [0.4, 0.5) is 9.59 Å². The van der Waals surface area contributed by atoms with Gasteiger partial charge in [-0.05, 0) is 86.5 Å². The fourth-order valence-electron chi connectivity index (χ4n) is 7.51. The molecule has 2 aromatic rings. The third-order valence-electron chi connectivity index (χ3n) is 10.0. The van der Waals surface area contributed by atoms with E-state index in [4.69, 9.17) is 20.9 Å². The summed E-state index contributed by atoms with van der Waals surface area (Å²) in [5.74, 6) is -0.636. The maximum absolute atomic E-state index is 12.0. The number of hydrogen-bond donors (Lipinski definition) is 6. The van der Waals surface area contributed by atoms with Crippen molar-refractivity contribution in [2.45, 2.75) is 142 Å². The van der Waals surface area contributed by atoms with E-state index < -0.39 is 24.4 Å². The maximum atomic E-state index is 12.0. The zero-order valence-corrected chi connectivity index (χ0v) is 29.2. The molecule has 0 saturated carbocycles. The van der Waals surface area contributed by atoms with Crippen LogP contribution in [-0.4, -0.2) is 32.6 Å². The summed E-state index contributed by atoms with van der Waals surface area (Å²) in [6.45, 7) is 8.10. The van der Waals surface area contributed by atoms with Gasteiger partial charge in [0.15, 0.2) is 0 Å². The van der Waals surface area contributed by atoms with Gasteiger partial charge in [-0.1, -0.05) is 79.1 Å². The summed E-state index contributed by atoms with van der Waals surface area (Å²) in [5.41, 5.74) is 12.9. The number of carbonyl (C=O) groups excluding carboxylic acids is 2. The number of carbonyl (C=O) groups is 2. The Labute approximate surface area is 285 Å². The molecule has 0 heterocycles. The average molecular weight is 671 g/mol. The first kappa shape index (κ1) is 38.6. The number of rotatable bonds is 8. The molecule has 10 nitrogen and oxygen atoms in total. The lowest BCUT2D eigenvalue weighted by molar-refractivity contribution is 0.0683. The topological polar surface area (TPSA) is 186 Å². The first-order valence-electron chi connectivity index (χ1n) is 17.9. The molecule has 0 spiro atoms. The van der Waals surface area contributed by atoms with Crippen LogP contribution >= 0.6 is 0 Å². The standard InChI is InChI=1S/C38H58N2O8/c1-5-7-15-25-17-11-9-13-23(3)36(48-38(40)46)28-21-31(43)34(32(44)22-28)26(16-8-6-2)18-12-10-14-24(4)35(47-37(39)45)27-19-29(41)33(25)30(42)20-27/h19-26,35-36,41-44H,5-18H2,1-4H3,(H2,39,45)(H2,40,46)/t23-,24+,25+,26-,35+,36-. The molecule has 48 heavy (non-hydrogen) atoms. The Morgan fingerprint density at radius 2 is 0.938 bits per heavy atom. The van der Waals surface area contributed by atoms with Crippen LogP contribution in [-0.2, 0) is 9.47 Å². The van der Waals surface area contributed by atoms with Crippen LogP contribution < -0.4 is 11.5 Å². The van der Waals surface area contributed by atoms with Crippen LogP contribution in [0.15, 0.2) is 24.3 Å². The molecule has 268 valence electrons. The highest BCUT2D eigenvalue weighted by molar-refractivity contribution is 5.65. The molecule has 0 saturated heterocycles. The van der Waals surface area contributed by atoms with Gasteiger partial charge in [-0.3, -0.25) is 0 Å². The molecule has 4 aliphatic rings. The molecule has 0 radical (unpaired) electrons. The van der Waals surface area contributed by atoms with Crippen molar-refractivity contribution in [3.8, 4) is 23.0 Å². The zero-order chi connectivity index (χ0) is 35.4. The number of nitrogens with two attached hydrogens (primary N) is 2. The van der Waals surface area contributed by atoms with Crippen molar-refractivity contribution in [2.75, 3.05) is 0 Å². The minimum atomic E-state index is -0.927. The lowest BCUT2D eigenvalue weighted by Gasteiger charge is -2.28. The van der Waals surface area contributed by atoms with E-state index in [1.54, 1.807) is 24.3 Å². The molecule has 0 unspecified atom stereocenters. The molecular weight excluding hydrogens is 612 g/mol. The second-order valence-corrected chi connectivity index (χ2v) is 13.9. The monoisotopic (exact) mass is 670 g/mol. The summed E-state index contributed by atoms with van der Waals surface area (Å²) in [6.07, 6.45) is 7.81. The van der Waals surface area contributed by atoms with Crippen molar-refractivity contribution < 1.29 is 39.5 Å². The Morgan fingerprint density at radius 1 is 0.625 bits per heavy atom. The van der Waals surface area contributed by atoms with Gasteiger partial charge in [0.1, 0.15) is 35.2 Å². The molecule has 10 heteroatoms. The van der Waals surface area contributed by atoms with Gasteiger partial charge in [0, 0.05) is 22.3 Å². The number of primary amides is 2. The molecule has 0 fully saturated rings. The van der Waals surface area contributed by atoms with Crippen LogP contribution in [0.3, 0.4) is 0 Å². The summed E-state index contributed by atoms with van der Waals surface area (Å²) in [5, 5.41) is 45.1. The Hall–Kier alpha value is -3.82. The van der Waals surface area contributed by atoms with Crippen molar-refractivity contribution in [1.82, 2.24) is 0 Å². The number of phenolic OH excluding ortho intramolecular Hbond substituents is 4. The van der Waals surface area contributed by atoms with Crippen LogP contribution in [0.5, 0.6) is 23.0 Å². The van der Waals surface area contributed by atoms with E-state index >= 15 is 0 Å². The van der Waals surface area contributed by atoms with E-state index in [1.807, 2.05) is 13.8 Å². The zero-order valence-electron chi connectivity index (χ0n) is 29.2. The number of aromatic hydroxyl groups is 4. The molecule has 4 bridgehead atoms. The largest absolute Gasteiger partial charge is 0.508 e. The SMILES string of the molecule is CCCC[C@@H]1CCCC[C@H](C)[C@H](OC(N)=O)c2cc(O)c(c(O)c2)[C@@H](CCCC)CCCC[C@@H](C)[C@@H](OC(N)=O)c2cc(O)c1c(O)c2. The van der Waals surface area contributed by atoms with E-state index in [0.717, 1.165) is 64.2 Å². The van der Waals surface area contributed by atoms with Crippen LogP contribution in [0, 0.1) is 11.8 Å². The minimum Gasteiger partial charge on any atom is -0.508 e. The summed E-state index contributed by atoms with van der Waals surface area (Å²) >= 11 is 0. The summed E-state index contributed by atoms with van der Waals surface area (Å²) in [6, 6.07) is 6.36. The Balaban J connectivity index is 2.04. The normalized spacial score (nSPS) is 24.3. The Morgan fingerprint density at radius 3 is 1.23 bits per heavy atom. The molecule has 0 aromatic heterocycles. The molecule has 2 aromatic carbocycles. The summed E-state index contributed by atoms with van der Waals surface area (Å²) < 4.78 is 11.1. The fraction of sp³-hybridized carbons (Fsp3) is 0.632. The van der Waals surface area contributed by atoms with Gasteiger partial charge in [0.25, 0.3) is 0 Å². The molecular formula is C38H58N2O8. The van der Waals surface area contributed by atoms with E-state index in [-0.39, 0.29) is 46.7 Å². The van der Waals surface area contributed by atoms with E-state index in [1.165, 1.54) is 0 Å². The molecule has 6 atom stereocenters. The van der Waals surface area contributed by atoms with Crippen molar-refractivity contribution in [2.24, 2.45) is 23.3 Å². The number of phenols is 4. The van der Waals surface area contributed by atoms with Crippen molar-refractivity contribution >= 4 is 12.2 Å². The Bertz CT molecular complexity index is 1200. The predicted octanol–water partition coefficient (Wildman–Crippen LogP) is 9.44. The van der Waals surface area contributed by atoms with Crippen molar-refractivity contribution in [1.29, 1.82) is 0 Å². The maximum Gasteiger partial charge on any atom is 0.405 e. The fourth-order valence-corrected chi connectivity index (χ4v) is 7.51. The molecule has 2 amide bonds. The summed E-state index contributed by atoms with van der Waals surface area (Å²) in [4.78, 5) is 23.9. The van der Waals surface area contributed by atoms with Gasteiger partial charge in [-0.15, -0.1) is 0 Å². The quantitative estimate of drug-likeness (QED) is 0.160. The van der Waals surface area contributed by atoms with Gasteiger partial charge >= 0.3 is 12.2 Å². The van der Waals surface area contributed by atoms with E-state index in [9.17, 15) is 30.0 Å². The molecule has 0 aliphatic heterocycles. The first-order chi connectivity index (χ1) is 22.9. The second kappa shape index (κ2) is 18.7. The van der Waals surface area contributed by atoms with Crippen LogP contribution in [0.25, 0.3) is 0 Å². The van der Waals surface area contributed by atoms with E-state index in [0.29, 0.717) is 47.9 Å². The third kappa shape index (κ3) is 10.6. The van der Waals surface area contributed by atoms with Crippen LogP contribution in [0.2, 0.25) is 0 Å².